The van der Waals surface area contributed by atoms with Crippen LogP contribution in [-0.4, -0.2) is 24.6 Å². The SMILES string of the molecule is CC(C)c1cccc(OCC(=O)Nc2ccc(NC(=O)NC3CC3)cc2)c1. The Hall–Kier alpha value is -3.02. The van der Waals surface area contributed by atoms with Gasteiger partial charge in [0.25, 0.3) is 5.91 Å². The Morgan fingerprint density at radius 3 is 2.33 bits per heavy atom. The minimum absolute atomic E-state index is 0.0641. The highest BCUT2D eigenvalue weighted by molar-refractivity contribution is 5.93. The van der Waals surface area contributed by atoms with Gasteiger partial charge in [0.05, 0.1) is 0 Å². The lowest BCUT2D eigenvalue weighted by Gasteiger charge is -2.11. The summed E-state index contributed by atoms with van der Waals surface area (Å²) in [6, 6.07) is 14.8. The van der Waals surface area contributed by atoms with E-state index in [1.165, 1.54) is 5.56 Å². The molecule has 1 aliphatic rings. The normalized spacial score (nSPS) is 13.1. The Morgan fingerprint density at radius 2 is 1.70 bits per heavy atom. The predicted molar refractivity (Wildman–Crippen MR) is 106 cm³/mol. The highest BCUT2D eigenvalue weighted by atomic mass is 16.5. The second kappa shape index (κ2) is 8.58. The quantitative estimate of drug-likeness (QED) is 0.689. The second-order valence-electron chi connectivity index (χ2n) is 7.01. The molecule has 142 valence electrons. The Bertz CT molecular complexity index is 799. The van der Waals surface area contributed by atoms with Gasteiger partial charge in [0, 0.05) is 17.4 Å². The van der Waals surface area contributed by atoms with E-state index in [1.807, 2.05) is 24.3 Å². The zero-order chi connectivity index (χ0) is 19.2. The monoisotopic (exact) mass is 367 g/mol. The van der Waals surface area contributed by atoms with Crippen molar-refractivity contribution >= 4 is 23.3 Å². The van der Waals surface area contributed by atoms with Crippen LogP contribution in [0.5, 0.6) is 5.75 Å². The van der Waals surface area contributed by atoms with E-state index in [9.17, 15) is 9.59 Å². The summed E-state index contributed by atoms with van der Waals surface area (Å²) in [5, 5.41) is 8.40. The molecular formula is C21H25N3O3. The van der Waals surface area contributed by atoms with Crippen molar-refractivity contribution in [2.45, 2.75) is 38.6 Å². The van der Waals surface area contributed by atoms with Gasteiger partial charge >= 0.3 is 6.03 Å². The first-order valence-electron chi connectivity index (χ1n) is 9.20. The van der Waals surface area contributed by atoms with Crippen molar-refractivity contribution in [2.24, 2.45) is 0 Å². The standard InChI is InChI=1S/C21H25N3O3/c1-14(2)15-4-3-5-19(12-15)27-13-20(25)22-16-6-8-17(9-7-16)23-21(26)24-18-10-11-18/h3-9,12,14,18H,10-11,13H2,1-2H3,(H,22,25)(H2,23,24,26). The fourth-order valence-corrected chi connectivity index (χ4v) is 2.53. The van der Waals surface area contributed by atoms with Crippen molar-refractivity contribution in [3.05, 3.63) is 54.1 Å². The van der Waals surface area contributed by atoms with Gasteiger partial charge in [0.1, 0.15) is 5.75 Å². The van der Waals surface area contributed by atoms with Gasteiger partial charge in [-0.15, -0.1) is 0 Å². The summed E-state index contributed by atoms with van der Waals surface area (Å²) in [6.45, 7) is 4.16. The van der Waals surface area contributed by atoms with Crippen LogP contribution in [0.3, 0.4) is 0 Å². The molecule has 3 N–H and O–H groups in total. The highest BCUT2D eigenvalue weighted by Gasteiger charge is 2.23. The molecule has 6 heteroatoms. The minimum atomic E-state index is -0.239. The molecule has 27 heavy (non-hydrogen) atoms. The first kappa shape index (κ1) is 18.8. The predicted octanol–water partition coefficient (Wildman–Crippen LogP) is 4.11. The van der Waals surface area contributed by atoms with Crippen LogP contribution in [0.1, 0.15) is 38.2 Å². The number of anilines is 2. The fourth-order valence-electron chi connectivity index (χ4n) is 2.53. The molecule has 2 aromatic carbocycles. The Kier molecular flexibility index (Phi) is 5.96. The fraction of sp³-hybridized carbons (Fsp3) is 0.333. The maximum Gasteiger partial charge on any atom is 0.319 e. The first-order chi connectivity index (χ1) is 13.0. The van der Waals surface area contributed by atoms with E-state index in [0.717, 1.165) is 12.8 Å². The molecule has 1 fully saturated rings. The molecule has 0 bridgehead atoms. The molecule has 6 nitrogen and oxygen atoms in total. The molecule has 0 unspecified atom stereocenters. The Labute approximate surface area is 159 Å². The van der Waals surface area contributed by atoms with Crippen molar-refractivity contribution in [1.29, 1.82) is 0 Å². The number of nitrogens with one attached hydrogen (secondary N) is 3. The van der Waals surface area contributed by atoms with E-state index in [4.69, 9.17) is 4.74 Å². The van der Waals surface area contributed by atoms with Gasteiger partial charge in [-0.3, -0.25) is 4.79 Å². The number of amides is 3. The van der Waals surface area contributed by atoms with Crippen LogP contribution in [0, 0.1) is 0 Å². The van der Waals surface area contributed by atoms with Crippen LogP contribution in [0.2, 0.25) is 0 Å². The van der Waals surface area contributed by atoms with Crippen molar-refractivity contribution < 1.29 is 14.3 Å². The van der Waals surface area contributed by atoms with Crippen LogP contribution in [-0.2, 0) is 4.79 Å². The molecule has 0 aliphatic heterocycles. The molecule has 1 saturated carbocycles. The van der Waals surface area contributed by atoms with Crippen LogP contribution in [0.25, 0.3) is 0 Å². The lowest BCUT2D eigenvalue weighted by Crippen LogP contribution is -2.30. The molecule has 1 aliphatic carbocycles. The number of ether oxygens (including phenoxy) is 1. The molecule has 3 amide bonds. The summed E-state index contributed by atoms with van der Waals surface area (Å²) in [7, 11) is 0. The van der Waals surface area contributed by atoms with Gasteiger partial charge in [-0.2, -0.15) is 0 Å². The van der Waals surface area contributed by atoms with Gasteiger partial charge in [0.2, 0.25) is 0 Å². The van der Waals surface area contributed by atoms with Gasteiger partial charge in [-0.25, -0.2) is 4.79 Å². The number of hydrogen-bond acceptors (Lipinski definition) is 3. The van der Waals surface area contributed by atoms with Crippen LogP contribution in [0.4, 0.5) is 16.2 Å². The van der Waals surface area contributed by atoms with E-state index < -0.39 is 0 Å². The van der Waals surface area contributed by atoms with Gasteiger partial charge < -0.3 is 20.7 Å². The van der Waals surface area contributed by atoms with Crippen LogP contribution < -0.4 is 20.7 Å². The summed E-state index contributed by atoms with van der Waals surface area (Å²) in [5.41, 5.74) is 2.49. The molecule has 0 radical (unpaired) electrons. The second-order valence-corrected chi connectivity index (χ2v) is 7.01. The maximum atomic E-state index is 12.1. The third-order valence-corrected chi connectivity index (χ3v) is 4.23. The van der Waals surface area contributed by atoms with Crippen molar-refractivity contribution in [3.63, 3.8) is 0 Å². The number of hydrogen-bond donors (Lipinski definition) is 3. The topological polar surface area (TPSA) is 79.5 Å². The Balaban J connectivity index is 1.46. The zero-order valence-corrected chi connectivity index (χ0v) is 15.6. The van der Waals surface area contributed by atoms with E-state index >= 15 is 0 Å². The number of benzene rings is 2. The number of carbonyl (C=O) groups excluding carboxylic acids is 2. The smallest absolute Gasteiger partial charge is 0.319 e. The summed E-state index contributed by atoms with van der Waals surface area (Å²) in [4.78, 5) is 23.8. The summed E-state index contributed by atoms with van der Waals surface area (Å²) in [5.74, 6) is 0.843. The highest BCUT2D eigenvalue weighted by Crippen LogP contribution is 2.21. The van der Waals surface area contributed by atoms with Crippen molar-refractivity contribution in [1.82, 2.24) is 5.32 Å². The van der Waals surface area contributed by atoms with E-state index in [1.54, 1.807) is 24.3 Å². The summed E-state index contributed by atoms with van der Waals surface area (Å²) < 4.78 is 5.57. The molecule has 0 spiro atoms. The van der Waals surface area contributed by atoms with Gasteiger partial charge in [0.15, 0.2) is 6.61 Å². The molecular weight excluding hydrogens is 342 g/mol. The number of urea groups is 1. The van der Waals surface area contributed by atoms with Gasteiger partial charge in [-0.05, 0) is 60.7 Å². The Morgan fingerprint density at radius 1 is 1.04 bits per heavy atom. The molecule has 0 aromatic heterocycles. The number of carbonyl (C=O) groups is 2. The minimum Gasteiger partial charge on any atom is -0.484 e. The molecule has 3 rings (SSSR count). The third kappa shape index (κ3) is 6.02. The maximum absolute atomic E-state index is 12.1. The van der Waals surface area contributed by atoms with Crippen LogP contribution >= 0.6 is 0 Å². The van der Waals surface area contributed by atoms with Gasteiger partial charge in [-0.1, -0.05) is 26.0 Å². The summed E-state index contributed by atoms with van der Waals surface area (Å²) >= 11 is 0. The molecule has 0 heterocycles. The van der Waals surface area contributed by atoms with Crippen molar-refractivity contribution in [2.75, 3.05) is 17.2 Å². The number of rotatable bonds is 7. The van der Waals surface area contributed by atoms with E-state index in [-0.39, 0.29) is 18.5 Å². The van der Waals surface area contributed by atoms with E-state index in [2.05, 4.69) is 29.8 Å². The summed E-state index contributed by atoms with van der Waals surface area (Å²) in [6.07, 6.45) is 2.09. The molecule has 0 saturated heterocycles. The van der Waals surface area contributed by atoms with Crippen molar-refractivity contribution in [3.8, 4) is 5.75 Å². The lowest BCUT2D eigenvalue weighted by atomic mass is 10.0. The van der Waals surface area contributed by atoms with E-state index in [0.29, 0.717) is 29.1 Å². The largest absolute Gasteiger partial charge is 0.484 e. The zero-order valence-electron chi connectivity index (χ0n) is 15.6. The molecule has 2 aromatic rings. The van der Waals surface area contributed by atoms with Crippen LogP contribution in [0.15, 0.2) is 48.5 Å². The first-order valence-corrected chi connectivity index (χ1v) is 9.20. The third-order valence-electron chi connectivity index (χ3n) is 4.23. The lowest BCUT2D eigenvalue weighted by molar-refractivity contribution is -0.118. The average molecular weight is 367 g/mol. The average Bonchev–Trinajstić information content (AvgIpc) is 3.46. The molecule has 0 atom stereocenters.